The number of H-pyrrole nitrogens is 1. The Hall–Kier alpha value is -4.61. The zero-order valence-electron chi connectivity index (χ0n) is 19.1. The third-order valence-electron chi connectivity index (χ3n) is 6.87. The minimum Gasteiger partial charge on any atom is -0.332 e. The van der Waals surface area contributed by atoms with Crippen LogP contribution in [0.15, 0.2) is 41.3 Å². The number of nitrogens with one attached hydrogen (secondary N) is 2. The zero-order valence-corrected chi connectivity index (χ0v) is 19.1. The van der Waals surface area contributed by atoms with Crippen LogP contribution in [0.2, 0.25) is 0 Å². The van der Waals surface area contributed by atoms with Gasteiger partial charge in [0.25, 0.3) is 11.8 Å². The molecule has 2 N–H and O–H groups in total. The van der Waals surface area contributed by atoms with Gasteiger partial charge in [-0.1, -0.05) is 17.3 Å². The van der Waals surface area contributed by atoms with E-state index in [9.17, 15) is 24.0 Å². The summed E-state index contributed by atoms with van der Waals surface area (Å²) in [6.45, 7) is 1.09. The van der Waals surface area contributed by atoms with Crippen LogP contribution in [0.1, 0.15) is 50.5 Å². The summed E-state index contributed by atoms with van der Waals surface area (Å²) < 4.78 is 1.44. The fourth-order valence-electron chi connectivity index (χ4n) is 4.96. The lowest BCUT2D eigenvalue weighted by molar-refractivity contribution is -0.136. The summed E-state index contributed by atoms with van der Waals surface area (Å²) in [6, 6.07) is 7.72. The minimum atomic E-state index is -0.686. The van der Waals surface area contributed by atoms with Gasteiger partial charge in [0.2, 0.25) is 17.4 Å². The Morgan fingerprint density at radius 2 is 1.83 bits per heavy atom. The van der Waals surface area contributed by atoms with Gasteiger partial charge in [0.1, 0.15) is 6.04 Å². The maximum atomic E-state index is 13.1. The summed E-state index contributed by atoms with van der Waals surface area (Å²) >= 11 is 0. The summed E-state index contributed by atoms with van der Waals surface area (Å²) in [6.07, 6.45) is 2.55. The number of carbonyl (C=O) groups excluding carboxylic acids is 4. The van der Waals surface area contributed by atoms with Crippen molar-refractivity contribution in [2.24, 2.45) is 0 Å². The molecule has 0 bridgehead atoms. The van der Waals surface area contributed by atoms with Crippen molar-refractivity contribution in [2.75, 3.05) is 6.54 Å². The summed E-state index contributed by atoms with van der Waals surface area (Å²) in [5.41, 5.74) is 3.51. The topological polar surface area (TPSA) is 150 Å². The molecule has 0 radical (unpaired) electrons. The molecule has 1 atom stereocenters. The number of nitrogens with zero attached hydrogens (tertiary/aromatic N) is 5. The lowest BCUT2D eigenvalue weighted by Gasteiger charge is -2.29. The Kier molecular flexibility index (Phi) is 5.02. The monoisotopic (exact) mass is 487 g/mol. The van der Waals surface area contributed by atoms with Gasteiger partial charge >= 0.3 is 0 Å². The highest BCUT2D eigenvalue weighted by Crippen LogP contribution is 2.29. The van der Waals surface area contributed by atoms with Crippen molar-refractivity contribution in [3.8, 4) is 5.69 Å². The molecule has 2 aromatic heterocycles. The fraction of sp³-hybridized carbons (Fsp3) is 0.292. The highest BCUT2D eigenvalue weighted by Gasteiger charge is 2.39. The van der Waals surface area contributed by atoms with E-state index >= 15 is 0 Å². The predicted octanol–water partition coefficient (Wildman–Crippen LogP) is -0.0849. The van der Waals surface area contributed by atoms with Crippen LogP contribution in [0.5, 0.6) is 0 Å². The molecule has 0 saturated carbocycles. The van der Waals surface area contributed by atoms with Gasteiger partial charge in [-0.05, 0) is 29.7 Å². The third kappa shape index (κ3) is 3.67. The van der Waals surface area contributed by atoms with E-state index in [1.165, 1.54) is 21.8 Å². The maximum Gasteiger partial charge on any atom is 0.276 e. The van der Waals surface area contributed by atoms with Crippen LogP contribution < -0.4 is 10.9 Å². The van der Waals surface area contributed by atoms with Crippen LogP contribution in [-0.2, 0) is 29.1 Å². The van der Waals surface area contributed by atoms with E-state index in [4.69, 9.17) is 0 Å². The molecule has 36 heavy (non-hydrogen) atoms. The van der Waals surface area contributed by atoms with Gasteiger partial charge < -0.3 is 14.8 Å². The molecule has 3 aliphatic rings. The highest BCUT2D eigenvalue weighted by atomic mass is 16.2. The van der Waals surface area contributed by atoms with Crippen LogP contribution in [-0.4, -0.2) is 66.0 Å². The average Bonchev–Trinajstić information content (AvgIpc) is 3.48. The zero-order chi connectivity index (χ0) is 25.0. The number of piperidine rings is 1. The summed E-state index contributed by atoms with van der Waals surface area (Å²) in [4.78, 5) is 67.3. The molecule has 3 aromatic rings. The Morgan fingerprint density at radius 3 is 2.67 bits per heavy atom. The summed E-state index contributed by atoms with van der Waals surface area (Å²) in [5.74, 6) is -1.36. The van der Waals surface area contributed by atoms with Crippen molar-refractivity contribution < 1.29 is 19.2 Å². The van der Waals surface area contributed by atoms with Gasteiger partial charge in [-0.2, -0.15) is 0 Å². The Labute approximate surface area is 203 Å². The number of hydrogen-bond acceptors (Lipinski definition) is 7. The highest BCUT2D eigenvalue weighted by molar-refractivity contribution is 6.05. The molecule has 0 spiro atoms. The number of hydrogen-bond donors (Lipinski definition) is 2. The van der Waals surface area contributed by atoms with Gasteiger partial charge in [-0.15, -0.1) is 5.10 Å². The Balaban J connectivity index is 1.20. The van der Waals surface area contributed by atoms with E-state index in [2.05, 4.69) is 20.6 Å². The number of benzene rings is 1. The van der Waals surface area contributed by atoms with Crippen LogP contribution in [0.3, 0.4) is 0 Å². The molecule has 1 unspecified atom stereocenters. The molecule has 1 aromatic carbocycles. The Bertz CT molecular complexity index is 1510. The second kappa shape index (κ2) is 8.26. The summed E-state index contributed by atoms with van der Waals surface area (Å²) in [7, 11) is 0. The van der Waals surface area contributed by atoms with Gasteiger partial charge in [-0.3, -0.25) is 29.3 Å². The van der Waals surface area contributed by atoms with Crippen molar-refractivity contribution >= 4 is 23.6 Å². The molecular formula is C24H21N7O5. The molecule has 4 amide bonds. The minimum absolute atomic E-state index is 0.162. The fourth-order valence-corrected chi connectivity index (χ4v) is 4.96. The SMILES string of the molecule is O=C1CCC(N2Cc3ccc(-n4cc(C(=O)N5CCc6[nH]c(=O)ccc6C5)nn4)cc3C2=O)C(=O)N1. The number of imide groups is 1. The lowest BCUT2D eigenvalue weighted by atomic mass is 10.0. The third-order valence-corrected chi connectivity index (χ3v) is 6.87. The molecule has 3 aliphatic heterocycles. The number of pyridine rings is 1. The molecule has 12 nitrogen and oxygen atoms in total. The van der Waals surface area contributed by atoms with E-state index in [0.29, 0.717) is 37.2 Å². The van der Waals surface area contributed by atoms with Crippen LogP contribution in [0.4, 0.5) is 0 Å². The van der Waals surface area contributed by atoms with Gasteiger partial charge in [0, 0.05) is 49.8 Å². The van der Waals surface area contributed by atoms with Crippen molar-refractivity contribution in [3.63, 3.8) is 0 Å². The standard InChI is InChI=1S/C24H21N7O5/c32-20-5-2-14-10-29(8-7-17(14)25-20)24(36)18-12-31(28-27-18)15-3-1-13-11-30(23(35)16(13)9-15)19-4-6-21(33)26-22(19)34/h1-3,5,9,12,19H,4,6-8,10-11H2,(H,25,32)(H,26,33,34). The molecule has 12 heteroatoms. The summed E-state index contributed by atoms with van der Waals surface area (Å²) in [5, 5.41) is 10.4. The maximum absolute atomic E-state index is 13.1. The number of fused-ring (bicyclic) bond motifs is 2. The lowest BCUT2D eigenvalue weighted by Crippen LogP contribution is -2.52. The van der Waals surface area contributed by atoms with Crippen molar-refractivity contribution in [3.05, 3.63) is 75.0 Å². The molecule has 6 rings (SSSR count). The predicted molar refractivity (Wildman–Crippen MR) is 123 cm³/mol. The van der Waals surface area contributed by atoms with Gasteiger partial charge in [0.05, 0.1) is 11.9 Å². The molecule has 1 saturated heterocycles. The first kappa shape index (κ1) is 21.9. The normalized spacial score (nSPS) is 19.2. The van der Waals surface area contributed by atoms with E-state index in [1.54, 1.807) is 29.2 Å². The second-order valence-electron chi connectivity index (χ2n) is 9.09. The van der Waals surface area contributed by atoms with Crippen LogP contribution >= 0.6 is 0 Å². The first-order valence-corrected chi connectivity index (χ1v) is 11.6. The quantitative estimate of drug-likeness (QED) is 0.490. The van der Waals surface area contributed by atoms with Crippen LogP contribution in [0.25, 0.3) is 5.69 Å². The number of aromatic nitrogens is 4. The largest absolute Gasteiger partial charge is 0.332 e. The molecule has 5 heterocycles. The number of aromatic amines is 1. The second-order valence-corrected chi connectivity index (χ2v) is 9.09. The number of carbonyl (C=O) groups is 4. The smallest absolute Gasteiger partial charge is 0.276 e. The molecular weight excluding hydrogens is 466 g/mol. The van der Waals surface area contributed by atoms with E-state index < -0.39 is 11.9 Å². The molecule has 182 valence electrons. The Morgan fingerprint density at radius 1 is 1.00 bits per heavy atom. The van der Waals surface area contributed by atoms with E-state index in [0.717, 1.165) is 16.8 Å². The first-order chi connectivity index (χ1) is 17.4. The number of rotatable bonds is 3. The van der Waals surface area contributed by atoms with Crippen molar-refractivity contribution in [2.45, 2.75) is 38.4 Å². The van der Waals surface area contributed by atoms with Gasteiger partial charge in [-0.25, -0.2) is 4.68 Å². The first-order valence-electron chi connectivity index (χ1n) is 11.6. The van der Waals surface area contributed by atoms with E-state index in [-0.39, 0.29) is 41.9 Å². The van der Waals surface area contributed by atoms with Crippen molar-refractivity contribution in [1.29, 1.82) is 0 Å². The molecule has 0 aliphatic carbocycles. The van der Waals surface area contributed by atoms with Crippen molar-refractivity contribution in [1.82, 2.24) is 35.1 Å². The number of amides is 4. The van der Waals surface area contributed by atoms with Gasteiger partial charge in [0.15, 0.2) is 5.69 Å². The van der Waals surface area contributed by atoms with Crippen LogP contribution in [0, 0.1) is 0 Å². The van der Waals surface area contributed by atoms with E-state index in [1.807, 2.05) is 0 Å². The molecule has 1 fully saturated rings. The average molecular weight is 487 g/mol.